The minimum absolute atomic E-state index is 0.294. The zero-order valence-corrected chi connectivity index (χ0v) is 12.5. The number of amides is 1. The molecule has 112 valence electrons. The summed E-state index contributed by atoms with van der Waals surface area (Å²) in [6, 6.07) is 14.4. The molecule has 1 N–H and O–H groups in total. The second kappa shape index (κ2) is 6.20. The molecule has 0 bridgehead atoms. The van der Waals surface area contributed by atoms with E-state index in [0.29, 0.717) is 23.6 Å². The van der Waals surface area contributed by atoms with Crippen LogP contribution in [0.1, 0.15) is 21.5 Å². The average molecular weight is 316 g/mol. The third-order valence-electron chi connectivity index (χ3n) is 3.56. The Kier molecular flexibility index (Phi) is 4.11. The largest absolute Gasteiger partial charge is 0.448 e. The number of carbonyl (C=O) groups is 2. The molecule has 0 aliphatic carbocycles. The summed E-state index contributed by atoms with van der Waals surface area (Å²) < 4.78 is 5.21. The van der Waals surface area contributed by atoms with Gasteiger partial charge in [-0.3, -0.25) is 4.79 Å². The van der Waals surface area contributed by atoms with Crippen LogP contribution in [0.3, 0.4) is 0 Å². The van der Waals surface area contributed by atoms with Crippen LogP contribution < -0.4 is 5.32 Å². The van der Waals surface area contributed by atoms with Crippen molar-refractivity contribution in [3.63, 3.8) is 0 Å². The first-order valence-electron chi connectivity index (χ1n) is 6.94. The van der Waals surface area contributed by atoms with E-state index in [2.05, 4.69) is 5.32 Å². The van der Waals surface area contributed by atoms with Crippen LogP contribution >= 0.6 is 11.6 Å². The first-order valence-corrected chi connectivity index (χ1v) is 7.32. The molecule has 0 radical (unpaired) electrons. The Bertz CT molecular complexity index is 712. The van der Waals surface area contributed by atoms with Gasteiger partial charge in [0.05, 0.1) is 5.56 Å². The summed E-state index contributed by atoms with van der Waals surface area (Å²) in [6.45, 7) is 0.367. The maximum atomic E-state index is 12.2. The number of rotatable bonds is 3. The van der Waals surface area contributed by atoms with Gasteiger partial charge in [0.15, 0.2) is 6.10 Å². The number of nitrogens with one attached hydrogen (secondary N) is 1. The Morgan fingerprint density at radius 1 is 1.18 bits per heavy atom. The Balaban J connectivity index is 1.64. The highest BCUT2D eigenvalue weighted by Crippen LogP contribution is 2.20. The number of cyclic esters (lactones) is 1. The molecular formula is C17H14ClNO3. The molecular weight excluding hydrogens is 302 g/mol. The number of hydrogen-bond acceptors (Lipinski definition) is 3. The summed E-state index contributed by atoms with van der Waals surface area (Å²) in [6.07, 6.45) is -0.385. The zero-order valence-electron chi connectivity index (χ0n) is 11.7. The Hall–Kier alpha value is -2.33. The van der Waals surface area contributed by atoms with E-state index in [1.54, 1.807) is 24.3 Å². The Morgan fingerprint density at radius 3 is 2.68 bits per heavy atom. The van der Waals surface area contributed by atoms with Crippen molar-refractivity contribution in [2.75, 3.05) is 0 Å². The van der Waals surface area contributed by atoms with Crippen LogP contribution in [0.5, 0.6) is 0 Å². The third-order valence-corrected chi connectivity index (χ3v) is 3.82. The van der Waals surface area contributed by atoms with Gasteiger partial charge in [-0.1, -0.05) is 41.9 Å². The molecule has 2 aromatic rings. The fourth-order valence-electron chi connectivity index (χ4n) is 2.38. The van der Waals surface area contributed by atoms with Gasteiger partial charge in [-0.25, -0.2) is 4.79 Å². The molecule has 0 spiro atoms. The minimum atomic E-state index is -0.783. The molecule has 0 saturated heterocycles. The fraction of sp³-hybridized carbons (Fsp3) is 0.176. The zero-order chi connectivity index (χ0) is 15.5. The van der Waals surface area contributed by atoms with Crippen molar-refractivity contribution < 1.29 is 14.3 Å². The average Bonchev–Trinajstić information content (AvgIpc) is 2.54. The topological polar surface area (TPSA) is 55.4 Å². The second-order valence-corrected chi connectivity index (χ2v) is 5.54. The van der Waals surface area contributed by atoms with Gasteiger partial charge in [-0.05, 0) is 29.3 Å². The van der Waals surface area contributed by atoms with Crippen LogP contribution in [-0.4, -0.2) is 18.0 Å². The van der Waals surface area contributed by atoms with Crippen molar-refractivity contribution in [2.24, 2.45) is 0 Å². The molecule has 1 amide bonds. The van der Waals surface area contributed by atoms with Crippen LogP contribution in [0, 0.1) is 0 Å². The molecule has 0 saturated carbocycles. The number of carbonyl (C=O) groups excluding carboxylic acids is 2. The highest BCUT2D eigenvalue weighted by atomic mass is 35.5. The normalized spacial score (nSPS) is 16.6. The van der Waals surface area contributed by atoms with Crippen LogP contribution in [0.25, 0.3) is 0 Å². The van der Waals surface area contributed by atoms with E-state index in [9.17, 15) is 9.59 Å². The van der Waals surface area contributed by atoms with Crippen molar-refractivity contribution in [3.8, 4) is 0 Å². The van der Waals surface area contributed by atoms with Gasteiger partial charge < -0.3 is 10.1 Å². The standard InChI is InChI=1S/C17H14ClNO3/c18-13-7-5-11(6-8-13)10-19-16(20)15-9-12-3-1-2-4-14(12)17(21)22-15/h1-8,15H,9-10H2,(H,19,20). The molecule has 0 fully saturated rings. The number of halogens is 1. The Morgan fingerprint density at radius 2 is 1.91 bits per heavy atom. The first kappa shape index (κ1) is 14.6. The van der Waals surface area contributed by atoms with Crippen LogP contribution in [-0.2, 0) is 22.5 Å². The molecule has 1 aliphatic heterocycles. The summed E-state index contributed by atoms with van der Waals surface area (Å²) in [5.74, 6) is -0.744. The molecule has 2 aromatic carbocycles. The lowest BCUT2D eigenvalue weighted by molar-refractivity contribution is -0.130. The fourth-order valence-corrected chi connectivity index (χ4v) is 2.51. The number of ether oxygens (including phenoxy) is 1. The molecule has 22 heavy (non-hydrogen) atoms. The smallest absolute Gasteiger partial charge is 0.339 e. The van der Waals surface area contributed by atoms with E-state index in [4.69, 9.17) is 16.3 Å². The summed E-state index contributed by atoms with van der Waals surface area (Å²) in [5.41, 5.74) is 2.30. The molecule has 1 aliphatic rings. The Labute approximate surface area is 133 Å². The van der Waals surface area contributed by atoms with Crippen LogP contribution in [0.15, 0.2) is 48.5 Å². The van der Waals surface area contributed by atoms with E-state index >= 15 is 0 Å². The van der Waals surface area contributed by atoms with Crippen molar-refractivity contribution in [3.05, 3.63) is 70.2 Å². The highest BCUT2D eigenvalue weighted by Gasteiger charge is 2.30. The summed E-state index contributed by atoms with van der Waals surface area (Å²) >= 11 is 5.82. The lowest BCUT2D eigenvalue weighted by atomic mass is 9.98. The summed E-state index contributed by atoms with van der Waals surface area (Å²) in [7, 11) is 0. The number of benzene rings is 2. The van der Waals surface area contributed by atoms with E-state index < -0.39 is 12.1 Å². The van der Waals surface area contributed by atoms with Crippen molar-refractivity contribution in [1.82, 2.24) is 5.32 Å². The monoisotopic (exact) mass is 315 g/mol. The summed E-state index contributed by atoms with van der Waals surface area (Å²) in [5, 5.41) is 3.43. The molecule has 4 nitrogen and oxygen atoms in total. The van der Waals surface area contributed by atoms with Gasteiger partial charge in [0.1, 0.15) is 0 Å². The quantitative estimate of drug-likeness (QED) is 0.886. The van der Waals surface area contributed by atoms with Gasteiger partial charge in [0, 0.05) is 18.0 Å². The molecule has 1 unspecified atom stereocenters. The van der Waals surface area contributed by atoms with E-state index in [1.165, 1.54) is 0 Å². The number of esters is 1. The molecule has 0 aromatic heterocycles. The van der Waals surface area contributed by atoms with Crippen molar-refractivity contribution in [2.45, 2.75) is 19.1 Å². The summed E-state index contributed by atoms with van der Waals surface area (Å²) in [4.78, 5) is 24.1. The highest BCUT2D eigenvalue weighted by molar-refractivity contribution is 6.30. The van der Waals surface area contributed by atoms with Gasteiger partial charge in [0.25, 0.3) is 5.91 Å². The van der Waals surface area contributed by atoms with E-state index in [-0.39, 0.29) is 5.91 Å². The maximum Gasteiger partial charge on any atom is 0.339 e. The third kappa shape index (κ3) is 3.12. The predicted octanol–water partition coefficient (Wildman–Crippen LogP) is 2.74. The SMILES string of the molecule is O=C1OC(C(=O)NCc2ccc(Cl)cc2)Cc2ccccc21. The predicted molar refractivity (Wildman–Crippen MR) is 82.6 cm³/mol. The maximum absolute atomic E-state index is 12.2. The van der Waals surface area contributed by atoms with Crippen LogP contribution in [0.4, 0.5) is 0 Å². The molecule has 1 heterocycles. The van der Waals surface area contributed by atoms with Gasteiger partial charge >= 0.3 is 5.97 Å². The molecule has 1 atom stereocenters. The lowest BCUT2D eigenvalue weighted by Gasteiger charge is -2.23. The van der Waals surface area contributed by atoms with Gasteiger partial charge in [-0.15, -0.1) is 0 Å². The molecule has 5 heteroatoms. The van der Waals surface area contributed by atoms with Gasteiger partial charge in [0.2, 0.25) is 0 Å². The first-order chi connectivity index (χ1) is 10.6. The van der Waals surface area contributed by atoms with Crippen molar-refractivity contribution in [1.29, 1.82) is 0 Å². The lowest BCUT2D eigenvalue weighted by Crippen LogP contribution is -2.41. The molecule has 3 rings (SSSR count). The van der Waals surface area contributed by atoms with E-state index in [1.807, 2.05) is 24.3 Å². The van der Waals surface area contributed by atoms with Gasteiger partial charge in [-0.2, -0.15) is 0 Å². The number of hydrogen-bond donors (Lipinski definition) is 1. The number of fused-ring (bicyclic) bond motifs is 1. The van der Waals surface area contributed by atoms with Crippen molar-refractivity contribution >= 4 is 23.5 Å². The van der Waals surface area contributed by atoms with E-state index in [0.717, 1.165) is 11.1 Å². The van der Waals surface area contributed by atoms with Crippen LogP contribution in [0.2, 0.25) is 5.02 Å². The second-order valence-electron chi connectivity index (χ2n) is 5.10. The minimum Gasteiger partial charge on any atom is -0.448 e.